The molecule has 112 valence electrons. The minimum atomic E-state index is -1.59. The molecule has 0 fully saturated rings. The first kappa shape index (κ1) is 15.2. The highest BCUT2D eigenvalue weighted by atomic mass is 32.1. The molecule has 0 saturated heterocycles. The molecule has 2 aromatic rings. The second-order valence-corrected chi connectivity index (χ2v) is 5.02. The largest absolute Gasteiger partial charge is 0.360 e. The predicted octanol–water partition coefficient (Wildman–Crippen LogP) is 3.03. The van der Waals surface area contributed by atoms with Crippen LogP contribution in [0.25, 0.3) is 0 Å². The molecule has 0 aliphatic carbocycles. The maximum absolute atomic E-state index is 13.0. The van der Waals surface area contributed by atoms with Crippen molar-refractivity contribution < 1.29 is 18.0 Å². The Labute approximate surface area is 122 Å². The van der Waals surface area contributed by atoms with E-state index in [1.165, 1.54) is 0 Å². The average Bonchev–Trinajstić information content (AvgIpc) is 2.91. The number of hydrogen-bond donors (Lipinski definition) is 2. The van der Waals surface area contributed by atoms with Crippen LogP contribution in [0.3, 0.4) is 0 Å². The lowest BCUT2D eigenvalue weighted by Crippen LogP contribution is -2.12. The Hall–Kier alpha value is -2.16. The number of halogens is 3. The molecular weight excluding hydrogens is 305 g/mol. The van der Waals surface area contributed by atoms with E-state index < -0.39 is 23.4 Å². The number of aromatic nitrogens is 2. The van der Waals surface area contributed by atoms with E-state index in [0.29, 0.717) is 23.8 Å². The zero-order valence-corrected chi connectivity index (χ0v) is 11.7. The molecule has 0 bridgehead atoms. The van der Waals surface area contributed by atoms with Crippen LogP contribution in [0.1, 0.15) is 23.1 Å². The van der Waals surface area contributed by atoms with E-state index in [0.717, 1.165) is 17.8 Å². The van der Waals surface area contributed by atoms with E-state index in [-0.39, 0.29) is 10.7 Å². The van der Waals surface area contributed by atoms with E-state index in [1.54, 1.807) is 0 Å². The number of benzene rings is 1. The third kappa shape index (κ3) is 3.69. The average molecular weight is 316 g/mol. The van der Waals surface area contributed by atoms with Gasteiger partial charge in [0.1, 0.15) is 0 Å². The molecule has 0 unspecified atom stereocenters. The summed E-state index contributed by atoms with van der Waals surface area (Å²) in [6, 6.07) is 1.38. The molecule has 5 nitrogen and oxygen atoms in total. The number of nitrogens with zero attached hydrogens (tertiary/aromatic N) is 2. The number of carbonyl (C=O) groups excluding carboxylic acids is 1. The minimum absolute atomic E-state index is 0.0266. The van der Waals surface area contributed by atoms with Gasteiger partial charge in [0, 0.05) is 24.4 Å². The SMILES string of the molecule is CCCNc1nnc(C(=O)Nc2cc(F)c(F)c(F)c2)s1. The highest BCUT2D eigenvalue weighted by molar-refractivity contribution is 7.17. The quantitative estimate of drug-likeness (QED) is 0.832. The first-order chi connectivity index (χ1) is 10.0. The summed E-state index contributed by atoms with van der Waals surface area (Å²) >= 11 is 1.00. The number of hydrogen-bond acceptors (Lipinski definition) is 5. The van der Waals surface area contributed by atoms with Gasteiger partial charge in [0.25, 0.3) is 5.91 Å². The summed E-state index contributed by atoms with van der Waals surface area (Å²) < 4.78 is 38.9. The van der Waals surface area contributed by atoms with Crippen molar-refractivity contribution in [2.45, 2.75) is 13.3 Å². The third-order valence-electron chi connectivity index (χ3n) is 2.39. The maximum atomic E-state index is 13.0. The lowest BCUT2D eigenvalue weighted by atomic mass is 10.3. The van der Waals surface area contributed by atoms with Crippen molar-refractivity contribution >= 4 is 28.1 Å². The second kappa shape index (κ2) is 6.53. The summed E-state index contributed by atoms with van der Waals surface area (Å²) in [5.41, 5.74) is -0.199. The van der Waals surface area contributed by atoms with Gasteiger partial charge >= 0.3 is 0 Å². The van der Waals surface area contributed by atoms with Gasteiger partial charge in [-0.2, -0.15) is 0 Å². The molecule has 2 N–H and O–H groups in total. The van der Waals surface area contributed by atoms with Gasteiger partial charge < -0.3 is 10.6 Å². The van der Waals surface area contributed by atoms with Crippen LogP contribution in [0.15, 0.2) is 12.1 Å². The molecule has 1 aromatic heterocycles. The van der Waals surface area contributed by atoms with Crippen molar-refractivity contribution in [3.05, 3.63) is 34.6 Å². The topological polar surface area (TPSA) is 66.9 Å². The summed E-state index contributed by atoms with van der Waals surface area (Å²) in [6.45, 7) is 2.66. The molecule has 2 rings (SSSR count). The van der Waals surface area contributed by atoms with Crippen LogP contribution in [0.5, 0.6) is 0 Å². The molecule has 21 heavy (non-hydrogen) atoms. The predicted molar refractivity (Wildman–Crippen MR) is 73.0 cm³/mol. The lowest BCUT2D eigenvalue weighted by molar-refractivity contribution is 0.102. The number of amides is 1. The van der Waals surface area contributed by atoms with E-state index in [1.807, 2.05) is 6.92 Å². The van der Waals surface area contributed by atoms with Crippen LogP contribution in [-0.2, 0) is 0 Å². The third-order valence-corrected chi connectivity index (χ3v) is 3.27. The first-order valence-corrected chi connectivity index (χ1v) is 6.86. The molecule has 1 aromatic carbocycles. The maximum Gasteiger partial charge on any atom is 0.286 e. The summed E-state index contributed by atoms with van der Waals surface area (Å²) in [5.74, 6) is -5.03. The van der Waals surface area contributed by atoms with Crippen molar-refractivity contribution in [3.8, 4) is 0 Å². The van der Waals surface area contributed by atoms with Gasteiger partial charge in [0.2, 0.25) is 10.1 Å². The van der Waals surface area contributed by atoms with E-state index in [4.69, 9.17) is 0 Å². The molecule has 1 heterocycles. The lowest BCUT2D eigenvalue weighted by Gasteiger charge is -2.04. The smallest absolute Gasteiger partial charge is 0.286 e. The second-order valence-electron chi connectivity index (χ2n) is 4.05. The van der Waals surface area contributed by atoms with Gasteiger partial charge in [-0.3, -0.25) is 4.79 Å². The van der Waals surface area contributed by atoms with Crippen LogP contribution in [0, 0.1) is 17.5 Å². The van der Waals surface area contributed by atoms with Gasteiger partial charge in [-0.25, -0.2) is 13.2 Å². The van der Waals surface area contributed by atoms with Gasteiger partial charge in [-0.15, -0.1) is 10.2 Å². The van der Waals surface area contributed by atoms with E-state index >= 15 is 0 Å². The Bertz CT molecular complexity index is 639. The van der Waals surface area contributed by atoms with E-state index in [2.05, 4.69) is 20.8 Å². The molecule has 1 amide bonds. The normalized spacial score (nSPS) is 10.5. The highest BCUT2D eigenvalue weighted by Gasteiger charge is 2.16. The zero-order chi connectivity index (χ0) is 15.4. The fraction of sp³-hybridized carbons (Fsp3) is 0.250. The summed E-state index contributed by atoms with van der Waals surface area (Å²) in [6.07, 6.45) is 0.884. The van der Waals surface area contributed by atoms with Crippen LogP contribution in [0.2, 0.25) is 0 Å². The molecule has 0 radical (unpaired) electrons. The zero-order valence-electron chi connectivity index (χ0n) is 10.9. The van der Waals surface area contributed by atoms with Gasteiger partial charge in [0.05, 0.1) is 0 Å². The Kier molecular flexibility index (Phi) is 4.73. The van der Waals surface area contributed by atoms with Gasteiger partial charge in [-0.1, -0.05) is 18.3 Å². The fourth-order valence-corrected chi connectivity index (χ4v) is 2.10. The summed E-state index contributed by atoms with van der Waals surface area (Å²) in [4.78, 5) is 11.8. The Morgan fingerprint density at radius 1 is 1.24 bits per heavy atom. The number of nitrogens with one attached hydrogen (secondary N) is 2. The van der Waals surface area contributed by atoms with Crippen LogP contribution >= 0.6 is 11.3 Å². The molecule has 0 atom stereocenters. The van der Waals surface area contributed by atoms with Gasteiger partial charge in [0.15, 0.2) is 17.5 Å². The van der Waals surface area contributed by atoms with Crippen molar-refractivity contribution in [3.63, 3.8) is 0 Å². The van der Waals surface area contributed by atoms with Crippen molar-refractivity contribution in [2.75, 3.05) is 17.2 Å². The molecule has 9 heteroatoms. The highest BCUT2D eigenvalue weighted by Crippen LogP contribution is 2.20. The van der Waals surface area contributed by atoms with Crippen molar-refractivity contribution in [1.29, 1.82) is 0 Å². The molecular formula is C12H11F3N4OS. The van der Waals surface area contributed by atoms with E-state index in [9.17, 15) is 18.0 Å². The molecule has 0 aliphatic heterocycles. The molecule has 0 spiro atoms. The first-order valence-electron chi connectivity index (χ1n) is 6.04. The van der Waals surface area contributed by atoms with Crippen LogP contribution in [-0.4, -0.2) is 22.6 Å². The summed E-state index contributed by atoms with van der Waals surface area (Å²) in [5, 5.41) is 13.1. The Morgan fingerprint density at radius 3 is 2.52 bits per heavy atom. The number of anilines is 2. The molecule has 0 saturated carbocycles. The monoisotopic (exact) mass is 316 g/mol. The fourth-order valence-electron chi connectivity index (χ4n) is 1.43. The molecule has 0 aliphatic rings. The van der Waals surface area contributed by atoms with Crippen LogP contribution in [0.4, 0.5) is 24.0 Å². The Balaban J connectivity index is 2.09. The van der Waals surface area contributed by atoms with Gasteiger partial charge in [-0.05, 0) is 6.42 Å². The number of rotatable bonds is 5. The minimum Gasteiger partial charge on any atom is -0.360 e. The Morgan fingerprint density at radius 2 is 1.90 bits per heavy atom. The summed E-state index contributed by atoms with van der Waals surface area (Å²) in [7, 11) is 0. The van der Waals surface area contributed by atoms with Crippen molar-refractivity contribution in [1.82, 2.24) is 10.2 Å². The number of carbonyl (C=O) groups is 1. The van der Waals surface area contributed by atoms with Crippen LogP contribution < -0.4 is 10.6 Å². The standard InChI is InChI=1S/C12H11F3N4OS/c1-2-3-16-12-19-18-11(21-12)10(20)17-6-4-7(13)9(15)8(14)5-6/h4-5H,2-3H2,1H3,(H,16,19)(H,17,20). The van der Waals surface area contributed by atoms with Crippen molar-refractivity contribution in [2.24, 2.45) is 0 Å².